The fraction of sp³-hybridized carbons (Fsp3) is 0.429. The molecule has 0 aliphatic rings. The lowest BCUT2D eigenvalue weighted by molar-refractivity contribution is 0.327. The monoisotopic (exact) mass is 358 g/mol. The van der Waals surface area contributed by atoms with Gasteiger partial charge in [0.15, 0.2) is 0 Å². The van der Waals surface area contributed by atoms with Crippen LogP contribution >= 0.6 is 38.6 Å². The second kappa shape index (κ2) is 8.17. The minimum Gasteiger partial charge on any atom is -0.315 e. The van der Waals surface area contributed by atoms with Gasteiger partial charge in [0.25, 0.3) is 0 Å². The Bertz CT molecular complexity index is 468. The van der Waals surface area contributed by atoms with Gasteiger partial charge in [0, 0.05) is 34.4 Å². The van der Waals surface area contributed by atoms with Crippen LogP contribution in [0.5, 0.6) is 0 Å². The lowest BCUT2D eigenvalue weighted by atomic mass is 10.2. The van der Waals surface area contributed by atoms with Gasteiger partial charge in [-0.3, -0.25) is 0 Å². The predicted molar refractivity (Wildman–Crippen MR) is 89.2 cm³/mol. The first-order valence-electron chi connectivity index (χ1n) is 6.37. The van der Waals surface area contributed by atoms with Crippen LogP contribution in [-0.4, -0.2) is 31.6 Å². The average Bonchev–Trinajstić information content (AvgIpc) is 3.01. The molecular formula is C14H19BrN2S2. The molecule has 0 radical (unpaired) electrons. The summed E-state index contributed by atoms with van der Waals surface area (Å²) in [6.45, 7) is 4.23. The highest BCUT2D eigenvalue weighted by atomic mass is 79.9. The van der Waals surface area contributed by atoms with E-state index in [4.69, 9.17) is 0 Å². The highest BCUT2D eigenvalue weighted by Gasteiger charge is 2.02. The molecule has 2 heterocycles. The molecule has 0 aliphatic carbocycles. The normalized spacial score (nSPS) is 11.3. The van der Waals surface area contributed by atoms with Crippen LogP contribution in [0.4, 0.5) is 0 Å². The minimum absolute atomic E-state index is 1.03. The number of halogens is 1. The van der Waals surface area contributed by atoms with Crippen LogP contribution in [0.1, 0.15) is 10.4 Å². The van der Waals surface area contributed by atoms with Crippen molar-refractivity contribution < 1.29 is 0 Å². The van der Waals surface area contributed by atoms with E-state index in [9.17, 15) is 0 Å². The quantitative estimate of drug-likeness (QED) is 0.721. The molecule has 0 aromatic carbocycles. The summed E-state index contributed by atoms with van der Waals surface area (Å²) in [5.74, 6) is 0. The molecule has 0 fully saturated rings. The largest absolute Gasteiger partial charge is 0.315 e. The van der Waals surface area contributed by atoms with Crippen molar-refractivity contribution in [3.8, 4) is 0 Å². The molecule has 0 bridgehead atoms. The SMILES string of the molecule is CN(CCNCCc1ccsc1)Cc1cc(Br)cs1. The third-order valence-corrected chi connectivity index (χ3v) is 5.30. The van der Waals surface area contributed by atoms with Gasteiger partial charge in [0.05, 0.1) is 0 Å². The molecule has 2 aromatic rings. The van der Waals surface area contributed by atoms with Gasteiger partial charge in [-0.15, -0.1) is 11.3 Å². The smallest absolute Gasteiger partial charge is 0.0325 e. The summed E-state index contributed by atoms with van der Waals surface area (Å²) in [5, 5.41) is 10.0. The number of rotatable bonds is 8. The Labute approximate surface area is 131 Å². The molecular weight excluding hydrogens is 340 g/mol. The van der Waals surface area contributed by atoms with Crippen molar-refractivity contribution >= 4 is 38.6 Å². The Morgan fingerprint density at radius 3 is 2.89 bits per heavy atom. The number of hydrogen-bond donors (Lipinski definition) is 1. The van der Waals surface area contributed by atoms with Gasteiger partial charge in [-0.05, 0) is 64.4 Å². The van der Waals surface area contributed by atoms with E-state index in [2.05, 4.69) is 61.5 Å². The molecule has 0 unspecified atom stereocenters. The number of hydrogen-bond acceptors (Lipinski definition) is 4. The second-order valence-electron chi connectivity index (χ2n) is 4.60. The van der Waals surface area contributed by atoms with Gasteiger partial charge in [-0.25, -0.2) is 0 Å². The van der Waals surface area contributed by atoms with Crippen molar-refractivity contribution in [1.82, 2.24) is 10.2 Å². The highest BCUT2D eigenvalue weighted by molar-refractivity contribution is 9.10. The molecule has 0 atom stereocenters. The Balaban J connectivity index is 1.55. The molecule has 2 rings (SSSR count). The van der Waals surface area contributed by atoms with Crippen LogP contribution in [0, 0.1) is 0 Å². The van der Waals surface area contributed by atoms with E-state index in [1.807, 2.05) is 11.3 Å². The van der Waals surface area contributed by atoms with Gasteiger partial charge in [-0.2, -0.15) is 11.3 Å². The van der Waals surface area contributed by atoms with Gasteiger partial charge in [0.1, 0.15) is 0 Å². The van der Waals surface area contributed by atoms with Crippen molar-refractivity contribution in [1.29, 1.82) is 0 Å². The molecule has 0 amide bonds. The molecule has 1 N–H and O–H groups in total. The topological polar surface area (TPSA) is 15.3 Å². The van der Waals surface area contributed by atoms with E-state index in [-0.39, 0.29) is 0 Å². The Hall–Kier alpha value is -0.200. The molecule has 19 heavy (non-hydrogen) atoms. The number of likely N-dealkylation sites (N-methyl/N-ethyl adjacent to an activating group) is 1. The van der Waals surface area contributed by atoms with E-state index in [0.717, 1.165) is 32.6 Å². The van der Waals surface area contributed by atoms with E-state index in [1.54, 1.807) is 11.3 Å². The summed E-state index contributed by atoms with van der Waals surface area (Å²) >= 11 is 7.08. The Kier molecular flexibility index (Phi) is 6.53. The summed E-state index contributed by atoms with van der Waals surface area (Å²) in [4.78, 5) is 3.77. The first kappa shape index (κ1) is 15.2. The van der Waals surface area contributed by atoms with E-state index in [1.165, 1.54) is 14.9 Å². The molecule has 0 spiro atoms. The molecule has 0 aliphatic heterocycles. The summed E-state index contributed by atoms with van der Waals surface area (Å²) in [6, 6.07) is 4.40. The maximum atomic E-state index is 3.50. The fourth-order valence-electron chi connectivity index (χ4n) is 1.84. The maximum Gasteiger partial charge on any atom is 0.0325 e. The molecule has 2 nitrogen and oxygen atoms in total. The summed E-state index contributed by atoms with van der Waals surface area (Å²) in [7, 11) is 2.17. The third kappa shape index (κ3) is 5.75. The van der Waals surface area contributed by atoms with Gasteiger partial charge in [-0.1, -0.05) is 0 Å². The first-order chi connectivity index (χ1) is 9.24. The number of thiophene rings is 2. The fourth-order valence-corrected chi connectivity index (χ4v) is 4.08. The van der Waals surface area contributed by atoms with E-state index < -0.39 is 0 Å². The maximum absolute atomic E-state index is 3.50. The second-order valence-corrected chi connectivity index (χ2v) is 7.29. The standard InChI is InChI=1S/C14H19BrN2S2/c1-17(9-14-8-13(15)11-19-14)6-5-16-4-2-12-3-7-18-10-12/h3,7-8,10-11,16H,2,4-6,9H2,1H3. The van der Waals surface area contributed by atoms with Crippen molar-refractivity contribution in [2.75, 3.05) is 26.7 Å². The van der Waals surface area contributed by atoms with Crippen LogP contribution in [0.2, 0.25) is 0 Å². The lowest BCUT2D eigenvalue weighted by Gasteiger charge is -2.15. The Morgan fingerprint density at radius 1 is 1.32 bits per heavy atom. The zero-order valence-electron chi connectivity index (χ0n) is 11.1. The van der Waals surface area contributed by atoms with Crippen LogP contribution in [-0.2, 0) is 13.0 Å². The summed E-state index contributed by atoms with van der Waals surface area (Å²) in [5.41, 5.74) is 1.44. The minimum atomic E-state index is 1.03. The van der Waals surface area contributed by atoms with Crippen LogP contribution in [0.3, 0.4) is 0 Å². The lowest BCUT2D eigenvalue weighted by Crippen LogP contribution is -2.29. The Morgan fingerprint density at radius 2 is 2.21 bits per heavy atom. The molecule has 2 aromatic heterocycles. The average molecular weight is 359 g/mol. The first-order valence-corrected chi connectivity index (χ1v) is 8.99. The van der Waals surface area contributed by atoms with Crippen molar-refractivity contribution in [2.24, 2.45) is 0 Å². The van der Waals surface area contributed by atoms with Gasteiger partial charge < -0.3 is 10.2 Å². The summed E-state index contributed by atoms with van der Waals surface area (Å²) in [6.07, 6.45) is 1.13. The highest BCUT2D eigenvalue weighted by Crippen LogP contribution is 2.20. The van der Waals surface area contributed by atoms with Crippen LogP contribution in [0.25, 0.3) is 0 Å². The predicted octanol–water partition coefficient (Wildman–Crippen LogP) is 3.84. The molecule has 0 saturated heterocycles. The van der Waals surface area contributed by atoms with Gasteiger partial charge in [0.2, 0.25) is 0 Å². The van der Waals surface area contributed by atoms with Crippen molar-refractivity contribution in [2.45, 2.75) is 13.0 Å². The van der Waals surface area contributed by atoms with E-state index >= 15 is 0 Å². The van der Waals surface area contributed by atoms with Crippen LogP contribution in [0.15, 0.2) is 32.7 Å². The van der Waals surface area contributed by atoms with Crippen molar-refractivity contribution in [3.63, 3.8) is 0 Å². The summed E-state index contributed by atoms with van der Waals surface area (Å²) < 4.78 is 1.19. The third-order valence-electron chi connectivity index (χ3n) is 2.89. The zero-order chi connectivity index (χ0) is 13.5. The van der Waals surface area contributed by atoms with Crippen molar-refractivity contribution in [3.05, 3.63) is 43.2 Å². The molecule has 0 saturated carbocycles. The zero-order valence-corrected chi connectivity index (χ0v) is 14.3. The van der Waals surface area contributed by atoms with Gasteiger partial charge >= 0.3 is 0 Å². The molecule has 5 heteroatoms. The number of nitrogens with zero attached hydrogens (tertiary/aromatic N) is 1. The van der Waals surface area contributed by atoms with Crippen LogP contribution < -0.4 is 5.32 Å². The molecule has 104 valence electrons. The van der Waals surface area contributed by atoms with E-state index in [0.29, 0.717) is 0 Å². The number of nitrogens with one attached hydrogen (secondary N) is 1.